The van der Waals surface area contributed by atoms with E-state index in [1.54, 1.807) is 0 Å². The van der Waals surface area contributed by atoms with Crippen LogP contribution in [0.15, 0.2) is 36.4 Å². The molecule has 0 aliphatic heterocycles. The van der Waals surface area contributed by atoms with E-state index < -0.39 is 44.0 Å². The van der Waals surface area contributed by atoms with E-state index in [0.29, 0.717) is 24.3 Å². The maximum atomic E-state index is 12.7. The molecular formula is C17H11Cl2F3N4O6. The summed E-state index contributed by atoms with van der Waals surface area (Å²) in [5, 5.41) is 23.4. The van der Waals surface area contributed by atoms with Crippen LogP contribution in [0.5, 0.6) is 5.88 Å². The van der Waals surface area contributed by atoms with Gasteiger partial charge in [0.1, 0.15) is 11.8 Å². The molecule has 2 rings (SSSR count). The predicted molar refractivity (Wildman–Crippen MR) is 106 cm³/mol. The van der Waals surface area contributed by atoms with Crippen LogP contribution < -0.4 is 10.1 Å². The average molecular weight is 495 g/mol. The number of nitrogens with zero attached hydrogens (tertiary/aromatic N) is 3. The van der Waals surface area contributed by atoms with Gasteiger partial charge in [-0.15, -0.1) is 0 Å². The smallest absolute Gasteiger partial charge is 0.416 e. The van der Waals surface area contributed by atoms with Gasteiger partial charge in [-0.05, 0) is 12.1 Å². The number of nitro benzene ring substituents is 2. The highest BCUT2D eigenvalue weighted by Gasteiger charge is 2.32. The van der Waals surface area contributed by atoms with E-state index in [1.807, 2.05) is 0 Å². The summed E-state index contributed by atoms with van der Waals surface area (Å²) in [5.74, 6) is -1.20. The molecule has 0 fully saturated rings. The number of amides is 1. The quantitative estimate of drug-likeness (QED) is 0.245. The highest BCUT2D eigenvalue weighted by Crippen LogP contribution is 2.33. The van der Waals surface area contributed by atoms with Gasteiger partial charge in [0, 0.05) is 24.7 Å². The predicted octanol–water partition coefficient (Wildman–Crippen LogP) is 4.59. The Bertz CT molecular complexity index is 1090. The molecule has 0 saturated carbocycles. The summed E-state index contributed by atoms with van der Waals surface area (Å²) in [4.78, 5) is 35.6. The first kappa shape index (κ1) is 24.8. The maximum absolute atomic E-state index is 12.7. The third-order valence-electron chi connectivity index (χ3n) is 3.67. The Kier molecular flexibility index (Phi) is 7.94. The number of carbonyl (C=O) groups is 1. The molecular weight excluding hydrogens is 484 g/mol. The molecule has 1 N–H and O–H groups in total. The van der Waals surface area contributed by atoms with Crippen molar-refractivity contribution in [3.05, 3.63) is 77.9 Å². The van der Waals surface area contributed by atoms with Gasteiger partial charge >= 0.3 is 17.6 Å². The number of hydrogen-bond donors (Lipinski definition) is 1. The van der Waals surface area contributed by atoms with Crippen molar-refractivity contribution in [1.82, 2.24) is 10.3 Å². The second-order valence-corrected chi connectivity index (χ2v) is 6.64. The SMILES string of the molecule is O=C(NC/C=C/COc1cc(C(F)(F)F)cc(Cl)n1)c1cc([N+](=O)[O-])c([N+](=O)[O-])cc1Cl. The molecule has 1 amide bonds. The van der Waals surface area contributed by atoms with Gasteiger partial charge in [-0.1, -0.05) is 29.3 Å². The van der Waals surface area contributed by atoms with Crippen LogP contribution in [-0.4, -0.2) is 33.9 Å². The molecule has 0 saturated heterocycles. The van der Waals surface area contributed by atoms with Crippen molar-refractivity contribution in [2.75, 3.05) is 13.2 Å². The number of aromatic nitrogens is 1. The molecule has 0 bridgehead atoms. The number of nitro groups is 2. The molecule has 0 aliphatic carbocycles. The number of nitrogens with one attached hydrogen (secondary N) is 1. The van der Waals surface area contributed by atoms with Crippen LogP contribution >= 0.6 is 23.2 Å². The van der Waals surface area contributed by atoms with E-state index in [9.17, 15) is 38.2 Å². The molecule has 1 aromatic heterocycles. The topological polar surface area (TPSA) is 138 Å². The number of halogens is 5. The van der Waals surface area contributed by atoms with Gasteiger partial charge in [-0.3, -0.25) is 25.0 Å². The average Bonchev–Trinajstić information content (AvgIpc) is 2.68. The molecule has 0 aliphatic rings. The summed E-state index contributed by atoms with van der Waals surface area (Å²) < 4.78 is 43.3. The second-order valence-electron chi connectivity index (χ2n) is 5.84. The maximum Gasteiger partial charge on any atom is 0.416 e. The van der Waals surface area contributed by atoms with Gasteiger partial charge in [0.05, 0.1) is 26.0 Å². The Balaban J connectivity index is 1.96. The molecule has 170 valence electrons. The molecule has 0 spiro atoms. The van der Waals surface area contributed by atoms with Gasteiger partial charge in [-0.25, -0.2) is 4.98 Å². The second kappa shape index (κ2) is 10.2. The molecule has 0 unspecified atom stereocenters. The zero-order valence-electron chi connectivity index (χ0n) is 15.6. The fourth-order valence-electron chi connectivity index (χ4n) is 2.26. The molecule has 32 heavy (non-hydrogen) atoms. The summed E-state index contributed by atoms with van der Waals surface area (Å²) in [6.45, 7) is -0.315. The number of alkyl halides is 3. The van der Waals surface area contributed by atoms with E-state index in [0.717, 1.165) is 0 Å². The molecule has 1 aromatic carbocycles. The number of benzene rings is 1. The number of pyridine rings is 1. The monoisotopic (exact) mass is 494 g/mol. The van der Waals surface area contributed by atoms with E-state index in [4.69, 9.17) is 27.9 Å². The van der Waals surface area contributed by atoms with Crippen LogP contribution in [0.2, 0.25) is 10.2 Å². The zero-order valence-corrected chi connectivity index (χ0v) is 17.1. The summed E-state index contributed by atoms with van der Waals surface area (Å²) in [6.07, 6.45) is -1.89. The number of hydrogen-bond acceptors (Lipinski definition) is 7. The minimum atomic E-state index is -4.63. The Hall–Kier alpha value is -3.45. The third kappa shape index (κ3) is 6.52. The van der Waals surface area contributed by atoms with Gasteiger partial charge < -0.3 is 10.1 Å². The zero-order chi connectivity index (χ0) is 24.1. The van der Waals surface area contributed by atoms with Gasteiger partial charge in [0.25, 0.3) is 5.91 Å². The number of ether oxygens (including phenoxy) is 1. The van der Waals surface area contributed by atoms with E-state index in [-0.39, 0.29) is 29.6 Å². The van der Waals surface area contributed by atoms with Crippen molar-refractivity contribution < 1.29 is 32.5 Å². The third-order valence-corrected chi connectivity index (χ3v) is 4.18. The van der Waals surface area contributed by atoms with Crippen molar-refractivity contribution in [3.8, 4) is 5.88 Å². The van der Waals surface area contributed by atoms with Crippen LogP contribution in [0.4, 0.5) is 24.5 Å². The minimum absolute atomic E-state index is 0.111. The Labute approximate surface area is 186 Å². The first-order valence-electron chi connectivity index (χ1n) is 8.33. The lowest BCUT2D eigenvalue weighted by atomic mass is 10.1. The van der Waals surface area contributed by atoms with Crippen molar-refractivity contribution >= 4 is 40.5 Å². The molecule has 0 radical (unpaired) electrons. The molecule has 0 atom stereocenters. The summed E-state index contributed by atoms with van der Waals surface area (Å²) in [5.41, 5.74) is -3.15. The molecule has 2 aromatic rings. The van der Waals surface area contributed by atoms with Crippen molar-refractivity contribution in [2.24, 2.45) is 0 Å². The van der Waals surface area contributed by atoms with Crippen molar-refractivity contribution in [2.45, 2.75) is 6.18 Å². The largest absolute Gasteiger partial charge is 0.473 e. The first-order valence-corrected chi connectivity index (χ1v) is 9.09. The number of carbonyl (C=O) groups excluding carboxylic acids is 1. The van der Waals surface area contributed by atoms with E-state index >= 15 is 0 Å². The molecule has 1 heterocycles. The fraction of sp³-hybridized carbons (Fsp3) is 0.176. The van der Waals surface area contributed by atoms with Crippen LogP contribution in [-0.2, 0) is 6.18 Å². The molecule has 10 nitrogen and oxygen atoms in total. The van der Waals surface area contributed by atoms with Crippen LogP contribution in [0.1, 0.15) is 15.9 Å². The highest BCUT2D eigenvalue weighted by molar-refractivity contribution is 6.34. The van der Waals surface area contributed by atoms with Gasteiger partial charge in [0.15, 0.2) is 0 Å². The normalized spacial score (nSPS) is 11.4. The van der Waals surface area contributed by atoms with Crippen molar-refractivity contribution in [3.63, 3.8) is 0 Å². The van der Waals surface area contributed by atoms with E-state index in [1.165, 1.54) is 12.2 Å². The van der Waals surface area contributed by atoms with Crippen LogP contribution in [0.3, 0.4) is 0 Å². The highest BCUT2D eigenvalue weighted by atomic mass is 35.5. The van der Waals surface area contributed by atoms with Crippen LogP contribution in [0.25, 0.3) is 0 Å². The van der Waals surface area contributed by atoms with Crippen molar-refractivity contribution in [1.29, 1.82) is 0 Å². The fourth-order valence-corrected chi connectivity index (χ4v) is 2.70. The lowest BCUT2D eigenvalue weighted by Crippen LogP contribution is -2.24. The lowest BCUT2D eigenvalue weighted by molar-refractivity contribution is -0.422. The van der Waals surface area contributed by atoms with Crippen LogP contribution in [0, 0.1) is 20.2 Å². The van der Waals surface area contributed by atoms with E-state index in [2.05, 4.69) is 10.3 Å². The summed E-state index contributed by atoms with van der Waals surface area (Å²) >= 11 is 11.3. The number of rotatable bonds is 8. The first-order chi connectivity index (χ1) is 14.9. The Morgan fingerprint density at radius 1 is 1.09 bits per heavy atom. The lowest BCUT2D eigenvalue weighted by Gasteiger charge is -2.09. The summed E-state index contributed by atoms with van der Waals surface area (Å²) in [6, 6.07) is 2.70. The molecule has 15 heteroatoms. The van der Waals surface area contributed by atoms with Gasteiger partial charge in [0.2, 0.25) is 5.88 Å². The van der Waals surface area contributed by atoms with Gasteiger partial charge in [-0.2, -0.15) is 13.2 Å². The summed E-state index contributed by atoms with van der Waals surface area (Å²) in [7, 11) is 0. The standard InChI is InChI=1S/C17H11Cl2F3N4O6/c18-11-8-13(26(30)31)12(25(28)29)7-10(11)16(27)23-3-1-2-4-32-15-6-9(17(20,21)22)5-14(19)24-15/h1-2,5-8H,3-4H2,(H,23,27)/b2-1+. The Morgan fingerprint density at radius 3 is 2.31 bits per heavy atom. The Morgan fingerprint density at radius 2 is 1.72 bits per heavy atom. The minimum Gasteiger partial charge on any atom is -0.473 e.